The minimum Gasteiger partial charge on any atom is -0.372 e. The molecule has 2 aromatic rings. The van der Waals surface area contributed by atoms with Crippen molar-refractivity contribution in [2.45, 2.75) is 38.5 Å². The SMILES string of the molecule is N.N#CCC1CCN(c2nc(C=N)c(C(N)=O)c(Nc3ccc(N4CCC(CC(=N)N=N)CC4)cc3)n2)CC1. The fraction of sp³-hybridized carbons (Fsp3) is 0.462. The van der Waals surface area contributed by atoms with Crippen molar-refractivity contribution in [2.75, 3.05) is 41.3 Å². The first-order valence-electron chi connectivity index (χ1n) is 12.8. The summed E-state index contributed by atoms with van der Waals surface area (Å²) in [7, 11) is 0. The molecule has 1 amide bonds. The summed E-state index contributed by atoms with van der Waals surface area (Å²) in [5.74, 6) is 0.853. The predicted octanol–water partition coefficient (Wildman–Crippen LogP) is 4.22. The molecule has 0 atom stereocenters. The molecule has 1 aromatic heterocycles. The zero-order valence-electron chi connectivity index (χ0n) is 22.0. The lowest BCUT2D eigenvalue weighted by Crippen LogP contribution is -2.35. The van der Waals surface area contributed by atoms with E-state index in [9.17, 15) is 4.79 Å². The third kappa shape index (κ3) is 7.11. The molecule has 2 aliphatic heterocycles. The molecule has 3 heterocycles. The first-order valence-corrected chi connectivity index (χ1v) is 12.8. The summed E-state index contributed by atoms with van der Waals surface area (Å²) >= 11 is 0. The average molecular weight is 533 g/mol. The Morgan fingerprint density at radius 1 is 1.10 bits per heavy atom. The molecule has 39 heavy (non-hydrogen) atoms. The van der Waals surface area contributed by atoms with Crippen molar-refractivity contribution in [1.82, 2.24) is 16.1 Å². The minimum absolute atomic E-state index is 0. The molecule has 0 aliphatic carbocycles. The molecule has 13 nitrogen and oxygen atoms in total. The van der Waals surface area contributed by atoms with Gasteiger partial charge < -0.3 is 32.4 Å². The van der Waals surface area contributed by atoms with Crippen molar-refractivity contribution in [3.8, 4) is 6.07 Å². The zero-order chi connectivity index (χ0) is 27.1. The number of benzene rings is 1. The van der Waals surface area contributed by atoms with Crippen LogP contribution in [0.25, 0.3) is 0 Å². The second kappa shape index (κ2) is 13.4. The Morgan fingerprint density at radius 2 is 1.72 bits per heavy atom. The Labute approximate surface area is 227 Å². The molecule has 0 unspecified atom stereocenters. The van der Waals surface area contributed by atoms with Crippen LogP contribution in [0.5, 0.6) is 0 Å². The van der Waals surface area contributed by atoms with Gasteiger partial charge in [-0.1, -0.05) is 0 Å². The summed E-state index contributed by atoms with van der Waals surface area (Å²) in [6.45, 7) is 3.14. The van der Waals surface area contributed by atoms with Crippen LogP contribution in [0.1, 0.15) is 54.6 Å². The molecule has 13 heteroatoms. The third-order valence-electron chi connectivity index (χ3n) is 7.31. The van der Waals surface area contributed by atoms with Crippen molar-refractivity contribution in [1.29, 1.82) is 21.6 Å². The van der Waals surface area contributed by atoms with Crippen LogP contribution in [-0.2, 0) is 0 Å². The molecule has 9 N–H and O–H groups in total. The molecule has 2 aliphatic rings. The van der Waals surface area contributed by atoms with Crippen LogP contribution < -0.4 is 27.0 Å². The number of amides is 1. The van der Waals surface area contributed by atoms with Gasteiger partial charge in [0, 0.05) is 56.6 Å². The molecule has 0 saturated carbocycles. The van der Waals surface area contributed by atoms with Crippen molar-refractivity contribution in [3.63, 3.8) is 0 Å². The highest BCUT2D eigenvalue weighted by atomic mass is 16.1. The highest BCUT2D eigenvalue weighted by Crippen LogP contribution is 2.30. The number of hydrogen-bond acceptors (Lipinski definition) is 11. The Hall–Kier alpha value is -4.44. The number of rotatable bonds is 9. The van der Waals surface area contributed by atoms with Gasteiger partial charge in [0.05, 0.1) is 6.07 Å². The van der Waals surface area contributed by atoms with Crippen molar-refractivity contribution >= 4 is 41.1 Å². The molecule has 0 bridgehead atoms. The fourth-order valence-electron chi connectivity index (χ4n) is 5.12. The number of anilines is 4. The second-order valence-electron chi connectivity index (χ2n) is 9.80. The van der Waals surface area contributed by atoms with Gasteiger partial charge in [-0.05, 0) is 61.8 Å². The molecule has 1 aromatic carbocycles. The van der Waals surface area contributed by atoms with Gasteiger partial charge in [-0.25, -0.2) is 10.5 Å². The van der Waals surface area contributed by atoms with E-state index >= 15 is 0 Å². The number of nitrogens with zero attached hydrogens (tertiary/aromatic N) is 6. The van der Waals surface area contributed by atoms with Gasteiger partial charge in [0.2, 0.25) is 5.95 Å². The van der Waals surface area contributed by atoms with Gasteiger partial charge in [-0.2, -0.15) is 10.2 Å². The van der Waals surface area contributed by atoms with Gasteiger partial charge in [0.15, 0.2) is 0 Å². The largest absolute Gasteiger partial charge is 0.372 e. The summed E-state index contributed by atoms with van der Waals surface area (Å²) in [6.07, 6.45) is 5.72. The van der Waals surface area contributed by atoms with E-state index in [2.05, 4.69) is 31.4 Å². The Balaban J connectivity index is 0.00000420. The monoisotopic (exact) mass is 532 g/mol. The van der Waals surface area contributed by atoms with Crippen LogP contribution in [0.3, 0.4) is 0 Å². The van der Waals surface area contributed by atoms with Gasteiger partial charge >= 0.3 is 0 Å². The standard InChI is InChI=1S/C26H33N11O.H3N/c27-10-5-17-6-13-37(14-7-17)26-33-21(16-28)23(24(30)38)25(34-26)32-19-1-3-20(4-2-19)36-11-8-18(9-12-36)15-22(29)35-31;/h1-4,16-18,28-29,31H,5-9,11-15H2,(H2,30,38)(H,32,33,34);1H3. The van der Waals surface area contributed by atoms with Crippen molar-refractivity contribution in [3.05, 3.63) is 35.5 Å². The van der Waals surface area contributed by atoms with E-state index in [1.165, 1.54) is 0 Å². The summed E-state index contributed by atoms with van der Waals surface area (Å²) in [5.41, 5.74) is 14.7. The first-order chi connectivity index (χ1) is 18.4. The van der Waals surface area contributed by atoms with E-state index < -0.39 is 5.91 Å². The highest BCUT2D eigenvalue weighted by Gasteiger charge is 2.25. The van der Waals surface area contributed by atoms with Gasteiger partial charge in [0.25, 0.3) is 5.91 Å². The van der Waals surface area contributed by atoms with Gasteiger partial charge in [-0.15, -0.1) is 5.11 Å². The fourth-order valence-corrected chi connectivity index (χ4v) is 5.12. The van der Waals surface area contributed by atoms with Gasteiger partial charge in [-0.3, -0.25) is 10.2 Å². The number of nitrogens with one attached hydrogen (secondary N) is 4. The van der Waals surface area contributed by atoms with E-state index in [-0.39, 0.29) is 29.1 Å². The number of amidine groups is 1. The smallest absolute Gasteiger partial charge is 0.254 e. The lowest BCUT2D eigenvalue weighted by atomic mass is 9.93. The molecule has 206 valence electrons. The Morgan fingerprint density at radius 3 is 2.28 bits per heavy atom. The van der Waals surface area contributed by atoms with E-state index in [0.29, 0.717) is 43.7 Å². The second-order valence-corrected chi connectivity index (χ2v) is 9.80. The molecular formula is C26H36N12O. The number of primary amides is 1. The molecule has 2 fully saturated rings. The molecular weight excluding hydrogens is 496 g/mol. The molecule has 0 radical (unpaired) electrons. The van der Waals surface area contributed by atoms with Crippen LogP contribution >= 0.6 is 0 Å². The Kier molecular flexibility index (Phi) is 9.99. The number of carbonyl (C=O) groups excluding carboxylic acids is 1. The van der Waals surface area contributed by atoms with Crippen LogP contribution in [-0.4, -0.2) is 54.1 Å². The normalized spacial score (nSPS) is 16.1. The van der Waals surface area contributed by atoms with Crippen LogP contribution in [0, 0.1) is 39.5 Å². The third-order valence-corrected chi connectivity index (χ3v) is 7.31. The summed E-state index contributed by atoms with van der Waals surface area (Å²) < 4.78 is 0. The lowest BCUT2D eigenvalue weighted by molar-refractivity contribution is 0.100. The van der Waals surface area contributed by atoms with E-state index in [1.54, 1.807) is 0 Å². The summed E-state index contributed by atoms with van der Waals surface area (Å²) in [6, 6.07) is 10.1. The topological polar surface area (TPSA) is 230 Å². The van der Waals surface area contributed by atoms with E-state index in [4.69, 9.17) is 27.3 Å². The maximum Gasteiger partial charge on any atom is 0.254 e. The zero-order valence-corrected chi connectivity index (χ0v) is 22.0. The van der Waals surface area contributed by atoms with Crippen molar-refractivity contribution in [2.24, 2.45) is 22.7 Å². The molecule has 4 rings (SSSR count). The number of hydrogen-bond donors (Lipinski definition) is 6. The van der Waals surface area contributed by atoms with Crippen LogP contribution in [0.15, 0.2) is 29.4 Å². The highest BCUT2D eigenvalue weighted by molar-refractivity contribution is 6.04. The molecule has 0 spiro atoms. The average Bonchev–Trinajstić information content (AvgIpc) is 2.94. The Bertz CT molecular complexity index is 1220. The quantitative estimate of drug-likeness (QED) is 0.155. The number of piperidine rings is 2. The lowest BCUT2D eigenvalue weighted by Gasteiger charge is -2.33. The van der Waals surface area contributed by atoms with Crippen LogP contribution in [0.4, 0.5) is 23.1 Å². The summed E-state index contributed by atoms with van der Waals surface area (Å²) in [4.78, 5) is 25.7. The summed E-state index contributed by atoms with van der Waals surface area (Å²) in [5, 5.41) is 30.9. The first kappa shape index (κ1) is 29.1. The number of carbonyl (C=O) groups is 1. The number of nitriles is 1. The number of nitrogens with two attached hydrogens (primary N) is 1. The van der Waals surface area contributed by atoms with E-state index in [1.807, 2.05) is 29.2 Å². The van der Waals surface area contributed by atoms with Crippen molar-refractivity contribution < 1.29 is 4.79 Å². The minimum atomic E-state index is -0.712. The predicted molar refractivity (Wildman–Crippen MR) is 151 cm³/mol. The van der Waals surface area contributed by atoms with E-state index in [0.717, 1.165) is 56.4 Å². The number of aromatic nitrogens is 2. The van der Waals surface area contributed by atoms with Crippen LogP contribution in [0.2, 0.25) is 0 Å². The molecule has 2 saturated heterocycles. The maximum absolute atomic E-state index is 12.3. The van der Waals surface area contributed by atoms with Gasteiger partial charge in [0.1, 0.15) is 22.9 Å². The maximum atomic E-state index is 12.3.